The van der Waals surface area contributed by atoms with E-state index in [0.29, 0.717) is 30.2 Å². The van der Waals surface area contributed by atoms with E-state index in [2.05, 4.69) is 10.6 Å². The SMILES string of the molecule is O=C(NCCc1ccccc1)[C@@H]1CCCN1C(=O)Nc1ccc(Cl)cc1. The van der Waals surface area contributed by atoms with Gasteiger partial charge in [-0.15, -0.1) is 0 Å². The maximum atomic E-state index is 12.5. The molecular weight excluding hydrogens is 350 g/mol. The van der Waals surface area contributed by atoms with Gasteiger partial charge in [-0.2, -0.15) is 0 Å². The molecule has 6 heteroatoms. The largest absolute Gasteiger partial charge is 0.354 e. The molecule has 0 spiro atoms. The first kappa shape index (κ1) is 18.3. The lowest BCUT2D eigenvalue weighted by Gasteiger charge is -2.24. The Hall–Kier alpha value is -2.53. The molecule has 2 aromatic carbocycles. The first-order chi connectivity index (χ1) is 12.6. The topological polar surface area (TPSA) is 61.4 Å². The minimum absolute atomic E-state index is 0.0929. The summed E-state index contributed by atoms with van der Waals surface area (Å²) < 4.78 is 0. The third-order valence-corrected chi connectivity index (χ3v) is 4.72. The summed E-state index contributed by atoms with van der Waals surface area (Å²) in [6, 6.07) is 16.2. The number of hydrogen-bond acceptors (Lipinski definition) is 2. The quantitative estimate of drug-likeness (QED) is 0.841. The maximum absolute atomic E-state index is 12.5. The predicted octanol–water partition coefficient (Wildman–Crippen LogP) is 3.70. The molecule has 1 fully saturated rings. The van der Waals surface area contributed by atoms with E-state index in [1.54, 1.807) is 29.2 Å². The molecule has 1 atom stereocenters. The lowest BCUT2D eigenvalue weighted by molar-refractivity contribution is -0.124. The highest BCUT2D eigenvalue weighted by molar-refractivity contribution is 6.30. The van der Waals surface area contributed by atoms with Crippen molar-refractivity contribution in [2.45, 2.75) is 25.3 Å². The summed E-state index contributed by atoms with van der Waals surface area (Å²) in [5.74, 6) is -0.0929. The standard InChI is InChI=1S/C20H22ClN3O2/c21-16-8-10-17(11-9-16)23-20(26)24-14-4-7-18(24)19(25)22-13-12-15-5-2-1-3-6-15/h1-3,5-6,8-11,18H,4,7,12-14H2,(H,22,25)(H,23,26)/t18-/m0/s1. The molecule has 2 N–H and O–H groups in total. The Balaban J connectivity index is 1.52. The van der Waals surface area contributed by atoms with Crippen molar-refractivity contribution in [1.82, 2.24) is 10.2 Å². The Morgan fingerprint density at radius 1 is 1.08 bits per heavy atom. The maximum Gasteiger partial charge on any atom is 0.322 e. The molecule has 1 heterocycles. The summed E-state index contributed by atoms with van der Waals surface area (Å²) in [5, 5.41) is 6.39. The van der Waals surface area contributed by atoms with Gasteiger partial charge in [0.2, 0.25) is 5.91 Å². The van der Waals surface area contributed by atoms with Gasteiger partial charge in [-0.25, -0.2) is 4.79 Å². The summed E-state index contributed by atoms with van der Waals surface area (Å²) >= 11 is 5.86. The molecule has 1 aliphatic heterocycles. The van der Waals surface area contributed by atoms with Gasteiger partial charge in [-0.1, -0.05) is 41.9 Å². The number of benzene rings is 2. The van der Waals surface area contributed by atoms with Crippen molar-refractivity contribution in [3.05, 3.63) is 65.2 Å². The number of amides is 3. The average Bonchev–Trinajstić information content (AvgIpc) is 3.14. The van der Waals surface area contributed by atoms with Gasteiger partial charge in [0.15, 0.2) is 0 Å². The highest BCUT2D eigenvalue weighted by Gasteiger charge is 2.33. The molecule has 0 aromatic heterocycles. The highest BCUT2D eigenvalue weighted by atomic mass is 35.5. The van der Waals surface area contributed by atoms with Gasteiger partial charge >= 0.3 is 6.03 Å². The number of nitrogens with zero attached hydrogens (tertiary/aromatic N) is 1. The zero-order chi connectivity index (χ0) is 18.4. The van der Waals surface area contributed by atoms with Crippen LogP contribution in [-0.2, 0) is 11.2 Å². The summed E-state index contributed by atoms with van der Waals surface area (Å²) in [4.78, 5) is 26.6. The van der Waals surface area contributed by atoms with Crippen molar-refractivity contribution in [1.29, 1.82) is 0 Å². The number of halogens is 1. The van der Waals surface area contributed by atoms with Crippen LogP contribution in [0.4, 0.5) is 10.5 Å². The molecule has 3 amide bonds. The Morgan fingerprint density at radius 2 is 1.81 bits per heavy atom. The molecule has 0 bridgehead atoms. The average molecular weight is 372 g/mol. The van der Waals surface area contributed by atoms with Crippen molar-refractivity contribution in [3.8, 4) is 0 Å². The normalized spacial score (nSPS) is 16.3. The van der Waals surface area contributed by atoms with Gasteiger partial charge in [0.1, 0.15) is 6.04 Å². The molecule has 0 unspecified atom stereocenters. The van der Waals surface area contributed by atoms with Crippen LogP contribution in [0, 0.1) is 0 Å². The van der Waals surface area contributed by atoms with Gasteiger partial charge < -0.3 is 15.5 Å². The Bertz CT molecular complexity index is 749. The number of anilines is 1. The van der Waals surface area contributed by atoms with Crippen molar-refractivity contribution >= 4 is 29.2 Å². The minimum Gasteiger partial charge on any atom is -0.354 e. The van der Waals surface area contributed by atoms with E-state index < -0.39 is 6.04 Å². The van der Waals surface area contributed by atoms with E-state index in [4.69, 9.17) is 11.6 Å². The minimum atomic E-state index is -0.418. The zero-order valence-electron chi connectivity index (χ0n) is 14.5. The van der Waals surface area contributed by atoms with Crippen molar-refractivity contribution in [2.75, 3.05) is 18.4 Å². The summed E-state index contributed by atoms with van der Waals surface area (Å²) in [5.41, 5.74) is 1.84. The number of urea groups is 1. The first-order valence-corrected chi connectivity index (χ1v) is 9.16. The van der Waals surface area contributed by atoms with Crippen molar-refractivity contribution in [3.63, 3.8) is 0 Å². The lowest BCUT2D eigenvalue weighted by atomic mass is 10.1. The lowest BCUT2D eigenvalue weighted by Crippen LogP contribution is -2.47. The second kappa shape index (κ2) is 8.72. The first-order valence-electron chi connectivity index (χ1n) is 8.78. The van der Waals surface area contributed by atoms with Crippen LogP contribution < -0.4 is 10.6 Å². The molecule has 26 heavy (non-hydrogen) atoms. The number of nitrogens with one attached hydrogen (secondary N) is 2. The third-order valence-electron chi connectivity index (χ3n) is 4.47. The van der Waals surface area contributed by atoms with Gasteiger partial charge in [0.05, 0.1) is 0 Å². The van der Waals surface area contributed by atoms with Crippen molar-refractivity contribution < 1.29 is 9.59 Å². The predicted molar refractivity (Wildman–Crippen MR) is 103 cm³/mol. The molecule has 2 aromatic rings. The van der Waals surface area contributed by atoms with Gasteiger partial charge in [-0.3, -0.25) is 4.79 Å². The van der Waals surface area contributed by atoms with Crippen LogP contribution in [0.1, 0.15) is 18.4 Å². The van der Waals surface area contributed by atoms with Gasteiger partial charge in [0, 0.05) is 23.8 Å². The molecule has 1 saturated heterocycles. The van der Waals surface area contributed by atoms with E-state index in [-0.39, 0.29) is 11.9 Å². The number of rotatable bonds is 5. The van der Waals surface area contributed by atoms with Crippen LogP contribution in [0.5, 0.6) is 0 Å². The Kier molecular flexibility index (Phi) is 6.12. The number of carbonyl (C=O) groups is 2. The summed E-state index contributed by atoms with van der Waals surface area (Å²) in [7, 11) is 0. The molecular formula is C20H22ClN3O2. The smallest absolute Gasteiger partial charge is 0.322 e. The fraction of sp³-hybridized carbons (Fsp3) is 0.300. The van der Waals surface area contributed by atoms with Crippen LogP contribution in [0.25, 0.3) is 0 Å². The zero-order valence-corrected chi connectivity index (χ0v) is 15.2. The van der Waals surface area contributed by atoms with E-state index >= 15 is 0 Å². The second-order valence-electron chi connectivity index (χ2n) is 6.32. The number of hydrogen-bond donors (Lipinski definition) is 2. The van der Waals surface area contributed by atoms with E-state index in [1.165, 1.54) is 5.56 Å². The van der Waals surface area contributed by atoms with Gasteiger partial charge in [0.25, 0.3) is 0 Å². The Labute approximate surface area is 158 Å². The number of likely N-dealkylation sites (tertiary alicyclic amines) is 1. The second-order valence-corrected chi connectivity index (χ2v) is 6.75. The molecule has 0 saturated carbocycles. The molecule has 0 radical (unpaired) electrons. The monoisotopic (exact) mass is 371 g/mol. The summed E-state index contributed by atoms with van der Waals surface area (Å²) in [6.07, 6.45) is 2.28. The number of carbonyl (C=O) groups excluding carboxylic acids is 2. The van der Waals surface area contributed by atoms with Crippen LogP contribution in [0.3, 0.4) is 0 Å². The van der Waals surface area contributed by atoms with E-state index in [9.17, 15) is 9.59 Å². The Morgan fingerprint density at radius 3 is 2.54 bits per heavy atom. The van der Waals surface area contributed by atoms with Gasteiger partial charge in [-0.05, 0) is 49.1 Å². The molecule has 1 aliphatic rings. The molecule has 136 valence electrons. The fourth-order valence-electron chi connectivity index (χ4n) is 3.10. The summed E-state index contributed by atoms with van der Waals surface area (Å²) in [6.45, 7) is 1.14. The molecule has 0 aliphatic carbocycles. The molecule has 5 nitrogen and oxygen atoms in total. The van der Waals surface area contributed by atoms with Crippen LogP contribution in [-0.4, -0.2) is 36.0 Å². The molecule has 3 rings (SSSR count). The highest BCUT2D eigenvalue weighted by Crippen LogP contribution is 2.20. The van der Waals surface area contributed by atoms with Crippen LogP contribution >= 0.6 is 11.6 Å². The van der Waals surface area contributed by atoms with Crippen LogP contribution in [0.2, 0.25) is 5.02 Å². The van der Waals surface area contributed by atoms with E-state index in [1.807, 2.05) is 30.3 Å². The fourth-order valence-corrected chi connectivity index (χ4v) is 3.23. The third kappa shape index (κ3) is 4.76. The van der Waals surface area contributed by atoms with Crippen LogP contribution in [0.15, 0.2) is 54.6 Å². The van der Waals surface area contributed by atoms with E-state index in [0.717, 1.165) is 12.8 Å². The van der Waals surface area contributed by atoms with Crippen molar-refractivity contribution in [2.24, 2.45) is 0 Å².